The summed E-state index contributed by atoms with van der Waals surface area (Å²) in [5, 5.41) is 3.15. The Kier molecular flexibility index (Phi) is 10.4. The number of nitrogens with zero attached hydrogens (tertiary/aromatic N) is 2. The predicted octanol–water partition coefficient (Wildman–Crippen LogP) is 4.61. The number of hydrogen-bond acceptors (Lipinski definition) is 5. The van der Waals surface area contributed by atoms with Gasteiger partial charge < -0.3 is 19.7 Å². The number of rotatable bonds is 6. The minimum absolute atomic E-state index is 0.00669. The lowest BCUT2D eigenvalue weighted by Crippen LogP contribution is -2.34. The lowest BCUT2D eigenvalue weighted by Gasteiger charge is -2.29. The topological polar surface area (TPSA) is 54.0 Å². The minimum Gasteiger partial charge on any atom is -0.491 e. The van der Waals surface area contributed by atoms with Crippen LogP contribution in [0.25, 0.3) is 0 Å². The number of piperidine rings is 1. The highest BCUT2D eigenvalue weighted by atomic mass is 16.5. The van der Waals surface area contributed by atoms with Crippen molar-refractivity contribution in [1.82, 2.24) is 15.1 Å². The molecule has 2 aromatic carbocycles. The summed E-state index contributed by atoms with van der Waals surface area (Å²) in [6.45, 7) is 12.2. The molecular formula is C31H45N3O3. The molecule has 0 saturated carbocycles. The van der Waals surface area contributed by atoms with Crippen molar-refractivity contribution >= 4 is 5.91 Å². The van der Waals surface area contributed by atoms with Crippen molar-refractivity contribution < 1.29 is 14.3 Å². The molecule has 2 aliphatic heterocycles. The maximum Gasteiger partial charge on any atom is 0.251 e. The van der Waals surface area contributed by atoms with Gasteiger partial charge in [-0.1, -0.05) is 38.1 Å². The molecule has 0 aromatic heterocycles. The van der Waals surface area contributed by atoms with Crippen molar-refractivity contribution in [1.29, 1.82) is 0 Å². The van der Waals surface area contributed by atoms with Crippen LogP contribution in [0.2, 0.25) is 0 Å². The minimum atomic E-state index is -0.00669. The third-order valence-corrected chi connectivity index (χ3v) is 7.34. The fourth-order valence-electron chi connectivity index (χ4n) is 5.57. The molecule has 1 N–H and O–H groups in total. The summed E-state index contributed by atoms with van der Waals surface area (Å²) in [6, 6.07) is 14.6. The zero-order valence-electron chi connectivity index (χ0n) is 23.0. The van der Waals surface area contributed by atoms with Gasteiger partial charge in [0.15, 0.2) is 0 Å². The molecular weight excluding hydrogens is 462 g/mol. The largest absolute Gasteiger partial charge is 0.491 e. The van der Waals surface area contributed by atoms with Crippen LogP contribution in [0.15, 0.2) is 42.5 Å². The molecule has 1 fully saturated rings. The van der Waals surface area contributed by atoms with Gasteiger partial charge in [0.2, 0.25) is 0 Å². The van der Waals surface area contributed by atoms with Gasteiger partial charge in [-0.15, -0.1) is 0 Å². The molecule has 1 unspecified atom stereocenters. The molecule has 2 aliphatic rings. The van der Waals surface area contributed by atoms with Crippen LogP contribution in [0.1, 0.15) is 60.2 Å². The van der Waals surface area contributed by atoms with Crippen molar-refractivity contribution in [3.8, 4) is 5.75 Å². The van der Waals surface area contributed by atoms with Crippen molar-refractivity contribution in [2.75, 3.05) is 59.6 Å². The Labute approximate surface area is 223 Å². The van der Waals surface area contributed by atoms with Crippen LogP contribution < -0.4 is 10.1 Å². The first-order valence-electron chi connectivity index (χ1n) is 14.1. The van der Waals surface area contributed by atoms with Crippen molar-refractivity contribution in [3.63, 3.8) is 0 Å². The molecule has 6 nitrogen and oxygen atoms in total. The predicted molar refractivity (Wildman–Crippen MR) is 149 cm³/mol. The van der Waals surface area contributed by atoms with E-state index in [4.69, 9.17) is 9.47 Å². The first-order valence-corrected chi connectivity index (χ1v) is 14.1. The molecule has 0 spiro atoms. The summed E-state index contributed by atoms with van der Waals surface area (Å²) in [6.07, 6.45) is 4.27. The number of ether oxygens (including phenoxy) is 2. The summed E-state index contributed by atoms with van der Waals surface area (Å²) in [5.41, 5.74) is 4.27. The first kappa shape index (κ1) is 27.6. The molecule has 2 heterocycles. The smallest absolute Gasteiger partial charge is 0.251 e. The average molecular weight is 508 g/mol. The summed E-state index contributed by atoms with van der Waals surface area (Å²) in [5.74, 6) is 2.09. The van der Waals surface area contributed by atoms with E-state index in [1.54, 1.807) is 0 Å². The summed E-state index contributed by atoms with van der Waals surface area (Å²) in [7, 11) is 2.19. The van der Waals surface area contributed by atoms with Gasteiger partial charge >= 0.3 is 0 Å². The van der Waals surface area contributed by atoms with Crippen LogP contribution in [-0.4, -0.2) is 75.3 Å². The quantitative estimate of drug-likeness (QED) is 0.619. The number of hydrogen-bond donors (Lipinski definition) is 1. The molecule has 6 heteroatoms. The van der Waals surface area contributed by atoms with Crippen LogP contribution in [0, 0.1) is 11.8 Å². The first-order chi connectivity index (χ1) is 18.0. The molecule has 1 atom stereocenters. The number of carbonyl (C=O) groups excluding carboxylic acids is 1. The Bertz CT molecular complexity index is 1010. The van der Waals surface area contributed by atoms with Crippen LogP contribution >= 0.6 is 0 Å². The van der Waals surface area contributed by atoms with E-state index in [1.807, 2.05) is 18.2 Å². The molecule has 1 amide bonds. The highest BCUT2D eigenvalue weighted by Crippen LogP contribution is 2.25. The zero-order chi connectivity index (χ0) is 26.0. The number of amides is 1. The van der Waals surface area contributed by atoms with Crippen LogP contribution in [0.3, 0.4) is 0 Å². The maximum atomic E-state index is 13.0. The number of likely N-dealkylation sites (tertiary alicyclic amines) is 1. The van der Waals surface area contributed by atoms with E-state index in [1.165, 1.54) is 30.5 Å². The highest BCUT2D eigenvalue weighted by Gasteiger charge is 2.18. The molecule has 37 heavy (non-hydrogen) atoms. The van der Waals surface area contributed by atoms with E-state index < -0.39 is 0 Å². The maximum absolute atomic E-state index is 13.0. The Morgan fingerprint density at radius 1 is 1.08 bits per heavy atom. The Hall–Kier alpha value is -2.41. The van der Waals surface area contributed by atoms with Gasteiger partial charge in [-0.2, -0.15) is 0 Å². The molecule has 2 aromatic rings. The fourth-order valence-corrected chi connectivity index (χ4v) is 5.57. The second-order valence-corrected chi connectivity index (χ2v) is 11.2. The monoisotopic (exact) mass is 507 g/mol. The summed E-state index contributed by atoms with van der Waals surface area (Å²) >= 11 is 0. The van der Waals surface area contributed by atoms with Gasteiger partial charge in [-0.05, 0) is 79.6 Å². The molecule has 4 rings (SSSR count). The number of fused-ring (bicyclic) bond motifs is 3. The van der Waals surface area contributed by atoms with E-state index >= 15 is 0 Å². The average Bonchev–Trinajstić information content (AvgIpc) is 2.86. The third kappa shape index (κ3) is 8.84. The van der Waals surface area contributed by atoms with Crippen LogP contribution in [0.5, 0.6) is 5.75 Å². The Morgan fingerprint density at radius 3 is 2.78 bits per heavy atom. The normalized spacial score (nSPS) is 20.1. The Morgan fingerprint density at radius 2 is 1.95 bits per heavy atom. The summed E-state index contributed by atoms with van der Waals surface area (Å²) < 4.78 is 12.0. The van der Waals surface area contributed by atoms with Crippen LogP contribution in [-0.2, 0) is 17.7 Å². The van der Waals surface area contributed by atoms with Crippen LogP contribution in [0.4, 0.5) is 0 Å². The van der Waals surface area contributed by atoms with Gasteiger partial charge in [-0.25, -0.2) is 0 Å². The molecule has 1 saturated heterocycles. The van der Waals surface area contributed by atoms with Gasteiger partial charge in [0.05, 0.1) is 13.2 Å². The number of carbonyl (C=O) groups is 1. The SMILES string of the molecule is CC(C)CN1CCOCCOc2ccc(C(=O)NCCC3CCCN(C)C3)cc2Cc2cccc(c2)C1. The highest BCUT2D eigenvalue weighted by molar-refractivity contribution is 5.94. The number of benzene rings is 2. The fraction of sp³-hybridized carbons (Fsp3) is 0.581. The van der Waals surface area contributed by atoms with E-state index in [2.05, 4.69) is 60.3 Å². The van der Waals surface area contributed by atoms with E-state index in [-0.39, 0.29) is 5.91 Å². The van der Waals surface area contributed by atoms with Gasteiger partial charge in [0.1, 0.15) is 12.4 Å². The second kappa shape index (κ2) is 13.9. The standard InChI is InChI=1S/C31H45N3O3/c1-24(2)21-34-14-15-36-16-17-37-30-10-9-28(20-29(30)19-26-6-4-7-27(18-26)23-34)31(35)32-12-11-25-8-5-13-33(3)22-25/h4,6-7,9-10,18,20,24-25H,5,8,11-17,19,21-23H2,1-3H3,(H,32,35). The van der Waals surface area contributed by atoms with Crippen molar-refractivity contribution in [2.24, 2.45) is 11.8 Å². The van der Waals surface area contributed by atoms with Crippen molar-refractivity contribution in [3.05, 3.63) is 64.7 Å². The molecule has 2 bridgehead atoms. The lowest BCUT2D eigenvalue weighted by atomic mass is 9.95. The molecule has 202 valence electrons. The second-order valence-electron chi connectivity index (χ2n) is 11.2. The molecule has 0 aliphatic carbocycles. The van der Waals surface area contributed by atoms with Gasteiger partial charge in [0.25, 0.3) is 5.91 Å². The Balaban J connectivity index is 1.46. The van der Waals surface area contributed by atoms with Gasteiger partial charge in [-0.3, -0.25) is 9.69 Å². The van der Waals surface area contributed by atoms with Gasteiger partial charge in [0, 0.05) is 44.7 Å². The van der Waals surface area contributed by atoms with E-state index in [9.17, 15) is 4.79 Å². The zero-order valence-corrected chi connectivity index (χ0v) is 23.0. The number of nitrogens with one attached hydrogen (secondary N) is 1. The summed E-state index contributed by atoms with van der Waals surface area (Å²) in [4.78, 5) is 17.9. The third-order valence-electron chi connectivity index (χ3n) is 7.34. The van der Waals surface area contributed by atoms with E-state index in [0.29, 0.717) is 37.2 Å². The lowest BCUT2D eigenvalue weighted by molar-refractivity contribution is 0.0746. The van der Waals surface area contributed by atoms with Crippen molar-refractivity contribution in [2.45, 2.75) is 46.1 Å². The van der Waals surface area contributed by atoms with E-state index in [0.717, 1.165) is 56.9 Å². The molecule has 0 radical (unpaired) electrons.